The monoisotopic (exact) mass is 235 g/mol. The summed E-state index contributed by atoms with van der Waals surface area (Å²) in [5.41, 5.74) is 1.12. The third-order valence-electron chi connectivity index (χ3n) is 1.57. The summed E-state index contributed by atoms with van der Waals surface area (Å²) < 4.78 is 10.3. The quantitative estimate of drug-likeness (QED) is 0.748. The molecule has 68 valence electrons. The summed E-state index contributed by atoms with van der Waals surface area (Å²) in [6.07, 6.45) is 3.08. The van der Waals surface area contributed by atoms with Gasteiger partial charge in [-0.1, -0.05) is 0 Å². The molecule has 2 aromatic heterocycles. The van der Waals surface area contributed by atoms with Gasteiger partial charge in [-0.2, -0.15) is 0 Å². The molecule has 0 aromatic carbocycles. The van der Waals surface area contributed by atoms with E-state index < -0.39 is 5.97 Å². The maximum atomic E-state index is 6.16. The minimum Gasteiger partial charge on any atom is -0.432 e. The molecule has 2 aromatic rings. The Morgan fingerprint density at radius 1 is 0.923 bits per heavy atom. The summed E-state index contributed by atoms with van der Waals surface area (Å²) in [5.74, 6) is -2.44. The van der Waals surface area contributed by atoms with Crippen LogP contribution < -0.4 is 11.0 Å². The Balaban J connectivity index is 2.42. The molecule has 0 fully saturated rings. The molecular formula is C8H6Cl2O2P+. The fourth-order valence-corrected chi connectivity index (χ4v) is 3.27. The SMILES string of the molecule is Cl[P+](Cl)(c1ccco1)c1ccco1. The van der Waals surface area contributed by atoms with Gasteiger partial charge in [0.25, 0.3) is 11.0 Å². The van der Waals surface area contributed by atoms with Crippen LogP contribution in [0.3, 0.4) is 0 Å². The molecule has 0 atom stereocenters. The van der Waals surface area contributed by atoms with Crippen molar-refractivity contribution in [2.45, 2.75) is 0 Å². The zero-order valence-electron chi connectivity index (χ0n) is 6.48. The molecule has 0 aliphatic heterocycles. The van der Waals surface area contributed by atoms with Crippen LogP contribution in [0.5, 0.6) is 0 Å². The third kappa shape index (κ3) is 1.62. The van der Waals surface area contributed by atoms with Crippen LogP contribution in [0.25, 0.3) is 0 Å². The highest BCUT2D eigenvalue weighted by Gasteiger charge is 2.47. The fraction of sp³-hybridized carbons (Fsp3) is 0. The van der Waals surface area contributed by atoms with Gasteiger partial charge in [-0.3, -0.25) is 0 Å². The largest absolute Gasteiger partial charge is 0.432 e. The van der Waals surface area contributed by atoms with Crippen molar-refractivity contribution in [2.75, 3.05) is 0 Å². The molecule has 0 amide bonds. The zero-order valence-corrected chi connectivity index (χ0v) is 8.89. The van der Waals surface area contributed by atoms with Gasteiger partial charge in [0, 0.05) is 12.1 Å². The standard InChI is InChI=1S/C8H6Cl2O2P/c9-13(10,7-3-1-5-11-7)8-4-2-6-12-8/h1-6H/q+1. The van der Waals surface area contributed by atoms with Crippen molar-refractivity contribution in [2.24, 2.45) is 0 Å². The van der Waals surface area contributed by atoms with Crippen molar-refractivity contribution in [3.63, 3.8) is 0 Å². The Labute approximate surface area is 85.4 Å². The van der Waals surface area contributed by atoms with Gasteiger partial charge >= 0.3 is 5.97 Å². The van der Waals surface area contributed by atoms with Gasteiger partial charge < -0.3 is 8.83 Å². The van der Waals surface area contributed by atoms with Crippen LogP contribution in [-0.4, -0.2) is 0 Å². The molecule has 2 heterocycles. The van der Waals surface area contributed by atoms with Gasteiger partial charge in [-0.15, -0.1) is 0 Å². The molecule has 0 aliphatic rings. The second-order valence-electron chi connectivity index (χ2n) is 2.42. The summed E-state index contributed by atoms with van der Waals surface area (Å²) in [7, 11) is 0. The van der Waals surface area contributed by atoms with E-state index in [-0.39, 0.29) is 0 Å². The molecule has 0 saturated heterocycles. The highest BCUT2D eigenvalue weighted by atomic mass is 35.9. The molecular weight excluding hydrogens is 230 g/mol. The first kappa shape index (κ1) is 9.14. The molecule has 2 rings (SSSR count). The normalized spacial score (nSPS) is 11.8. The first-order valence-electron chi connectivity index (χ1n) is 3.58. The van der Waals surface area contributed by atoms with Crippen molar-refractivity contribution in [3.8, 4) is 0 Å². The number of halogens is 2. The van der Waals surface area contributed by atoms with E-state index in [0.29, 0.717) is 11.0 Å². The number of furan rings is 2. The van der Waals surface area contributed by atoms with E-state index in [0.717, 1.165) is 0 Å². The predicted octanol–water partition coefficient (Wildman–Crippen LogP) is 3.15. The van der Waals surface area contributed by atoms with Crippen molar-refractivity contribution < 1.29 is 8.83 Å². The van der Waals surface area contributed by atoms with E-state index in [1.54, 1.807) is 24.3 Å². The minimum atomic E-state index is -2.44. The van der Waals surface area contributed by atoms with Gasteiger partial charge in [-0.05, 0) is 12.1 Å². The van der Waals surface area contributed by atoms with Gasteiger partial charge in [-0.25, -0.2) is 0 Å². The topological polar surface area (TPSA) is 26.3 Å². The summed E-state index contributed by atoms with van der Waals surface area (Å²) >= 11 is 12.3. The first-order valence-corrected chi connectivity index (χ1v) is 7.17. The summed E-state index contributed by atoms with van der Waals surface area (Å²) in [6, 6.07) is 6.99. The van der Waals surface area contributed by atoms with E-state index >= 15 is 0 Å². The van der Waals surface area contributed by atoms with Crippen LogP contribution in [0.15, 0.2) is 45.6 Å². The molecule has 0 aliphatic carbocycles. The van der Waals surface area contributed by atoms with Crippen LogP contribution in [-0.2, 0) is 0 Å². The fourth-order valence-electron chi connectivity index (χ4n) is 0.968. The van der Waals surface area contributed by atoms with E-state index in [1.165, 1.54) is 12.5 Å². The van der Waals surface area contributed by atoms with E-state index in [4.69, 9.17) is 31.3 Å². The molecule has 2 nitrogen and oxygen atoms in total. The molecule has 0 spiro atoms. The van der Waals surface area contributed by atoms with Crippen LogP contribution in [0.1, 0.15) is 0 Å². The lowest BCUT2D eigenvalue weighted by molar-refractivity contribution is 0.593. The molecule has 0 N–H and O–H groups in total. The summed E-state index contributed by atoms with van der Waals surface area (Å²) in [5, 5.41) is 0. The van der Waals surface area contributed by atoms with Crippen LogP contribution in [0.4, 0.5) is 0 Å². The van der Waals surface area contributed by atoms with Gasteiger partial charge in [0.1, 0.15) is 22.5 Å². The molecule has 0 saturated carbocycles. The molecule has 0 radical (unpaired) electrons. The summed E-state index contributed by atoms with van der Waals surface area (Å²) in [4.78, 5) is 0. The Hall–Kier alpha value is -0.430. The predicted molar refractivity (Wildman–Crippen MR) is 55.3 cm³/mol. The lowest BCUT2D eigenvalue weighted by Crippen LogP contribution is -2.09. The highest BCUT2D eigenvalue weighted by molar-refractivity contribution is 8.26. The van der Waals surface area contributed by atoms with Crippen LogP contribution in [0, 0.1) is 0 Å². The van der Waals surface area contributed by atoms with Crippen molar-refractivity contribution in [3.05, 3.63) is 36.8 Å². The molecule has 0 unspecified atom stereocenters. The minimum absolute atomic E-state index is 0.561. The first-order chi connectivity index (χ1) is 6.21. The lowest BCUT2D eigenvalue weighted by atomic mass is 10.7. The smallest absolute Gasteiger partial charge is 0.348 e. The zero-order chi connectivity index (χ0) is 9.31. The third-order valence-corrected chi connectivity index (χ3v) is 5.18. The second-order valence-corrected chi connectivity index (χ2v) is 7.89. The lowest BCUT2D eigenvalue weighted by Gasteiger charge is -2.00. The number of hydrogen-bond acceptors (Lipinski definition) is 2. The second kappa shape index (κ2) is 3.38. The van der Waals surface area contributed by atoms with Crippen molar-refractivity contribution >= 4 is 39.5 Å². The van der Waals surface area contributed by atoms with E-state index in [9.17, 15) is 0 Å². The number of hydrogen-bond donors (Lipinski definition) is 0. The molecule has 0 bridgehead atoms. The highest BCUT2D eigenvalue weighted by Crippen LogP contribution is 2.66. The Bertz CT molecular complexity index is 331. The summed E-state index contributed by atoms with van der Waals surface area (Å²) in [6.45, 7) is 0. The molecule has 5 heteroatoms. The Morgan fingerprint density at radius 2 is 1.38 bits per heavy atom. The average molecular weight is 236 g/mol. The Kier molecular flexibility index (Phi) is 2.37. The van der Waals surface area contributed by atoms with Gasteiger partial charge in [0.2, 0.25) is 0 Å². The van der Waals surface area contributed by atoms with Gasteiger partial charge in [0.05, 0.1) is 12.5 Å². The van der Waals surface area contributed by atoms with Crippen molar-refractivity contribution in [1.82, 2.24) is 0 Å². The average Bonchev–Trinajstić information content (AvgIpc) is 2.78. The van der Waals surface area contributed by atoms with E-state index in [1.807, 2.05) is 0 Å². The molecule has 13 heavy (non-hydrogen) atoms. The van der Waals surface area contributed by atoms with Crippen LogP contribution >= 0.6 is 28.4 Å². The Morgan fingerprint density at radius 3 is 1.69 bits per heavy atom. The van der Waals surface area contributed by atoms with Gasteiger partial charge in [0.15, 0.2) is 0 Å². The maximum absolute atomic E-state index is 6.16. The van der Waals surface area contributed by atoms with Crippen LogP contribution in [0.2, 0.25) is 0 Å². The maximum Gasteiger partial charge on any atom is 0.348 e. The number of rotatable bonds is 2. The van der Waals surface area contributed by atoms with Crippen molar-refractivity contribution in [1.29, 1.82) is 0 Å². The van der Waals surface area contributed by atoms with E-state index in [2.05, 4.69) is 0 Å².